The highest BCUT2D eigenvalue weighted by molar-refractivity contribution is 7.89. The van der Waals surface area contributed by atoms with E-state index >= 15 is 0 Å². The van der Waals surface area contributed by atoms with E-state index in [1.807, 2.05) is 0 Å². The maximum absolute atomic E-state index is 12.9. The molecule has 0 unspecified atom stereocenters. The van der Waals surface area contributed by atoms with Crippen LogP contribution in [-0.2, 0) is 21.0 Å². The predicted octanol–water partition coefficient (Wildman–Crippen LogP) is 2.25. The van der Waals surface area contributed by atoms with Gasteiger partial charge in [0.2, 0.25) is 10.0 Å². The maximum Gasteiger partial charge on any atom is 0.416 e. The maximum atomic E-state index is 12.9. The molecule has 1 fully saturated rings. The summed E-state index contributed by atoms with van der Waals surface area (Å²) in [6.45, 7) is 1.21. The van der Waals surface area contributed by atoms with Crippen molar-refractivity contribution < 1.29 is 31.5 Å². The monoisotopic (exact) mass is 337 g/mol. The zero-order chi connectivity index (χ0) is 16.7. The van der Waals surface area contributed by atoms with Gasteiger partial charge in [-0.25, -0.2) is 8.42 Å². The summed E-state index contributed by atoms with van der Waals surface area (Å²) in [5, 5.41) is 9.04. The molecule has 0 spiro atoms. The third kappa shape index (κ3) is 2.95. The van der Waals surface area contributed by atoms with E-state index in [4.69, 9.17) is 5.11 Å². The molecule has 0 saturated carbocycles. The fourth-order valence-corrected chi connectivity index (χ4v) is 4.15. The first-order chi connectivity index (χ1) is 10.0. The Morgan fingerprint density at radius 3 is 2.55 bits per heavy atom. The zero-order valence-electron chi connectivity index (χ0n) is 11.6. The van der Waals surface area contributed by atoms with Crippen LogP contribution in [0.2, 0.25) is 0 Å². The number of hydrogen-bond acceptors (Lipinski definition) is 3. The van der Waals surface area contributed by atoms with Gasteiger partial charge in [-0.15, -0.1) is 0 Å². The molecule has 1 aromatic rings. The summed E-state index contributed by atoms with van der Waals surface area (Å²) in [6.07, 6.45) is -4.17. The van der Waals surface area contributed by atoms with Crippen LogP contribution in [0.15, 0.2) is 23.1 Å². The van der Waals surface area contributed by atoms with Crippen LogP contribution in [0.5, 0.6) is 0 Å². The van der Waals surface area contributed by atoms with E-state index in [0.717, 1.165) is 16.4 Å². The van der Waals surface area contributed by atoms with Crippen LogP contribution in [0.4, 0.5) is 13.2 Å². The van der Waals surface area contributed by atoms with Crippen molar-refractivity contribution in [3.63, 3.8) is 0 Å². The van der Waals surface area contributed by atoms with E-state index < -0.39 is 38.7 Å². The molecule has 22 heavy (non-hydrogen) atoms. The molecule has 1 aromatic carbocycles. The summed E-state index contributed by atoms with van der Waals surface area (Å²) >= 11 is 0. The largest absolute Gasteiger partial charge is 0.480 e. The van der Waals surface area contributed by atoms with Gasteiger partial charge in [-0.2, -0.15) is 17.5 Å². The normalized spacial score (nSPS) is 20.3. The van der Waals surface area contributed by atoms with E-state index in [1.54, 1.807) is 0 Å². The summed E-state index contributed by atoms with van der Waals surface area (Å²) in [6, 6.07) is 1.46. The van der Waals surface area contributed by atoms with Crippen LogP contribution in [0.3, 0.4) is 0 Å². The Kier molecular flexibility index (Phi) is 4.22. The van der Waals surface area contributed by atoms with Gasteiger partial charge >= 0.3 is 12.1 Å². The molecule has 0 aliphatic carbocycles. The molecule has 2 rings (SSSR count). The number of carboxylic acid groups (broad SMARTS) is 1. The van der Waals surface area contributed by atoms with Crippen molar-refractivity contribution in [2.24, 2.45) is 0 Å². The van der Waals surface area contributed by atoms with E-state index in [1.165, 1.54) is 6.92 Å². The molecule has 0 amide bonds. The summed E-state index contributed by atoms with van der Waals surface area (Å²) < 4.78 is 64.3. The fourth-order valence-electron chi connectivity index (χ4n) is 2.48. The first-order valence-electron chi connectivity index (χ1n) is 6.47. The smallest absolute Gasteiger partial charge is 0.416 e. The lowest BCUT2D eigenvalue weighted by Crippen LogP contribution is -2.40. The topological polar surface area (TPSA) is 74.7 Å². The summed E-state index contributed by atoms with van der Waals surface area (Å²) in [5.41, 5.74) is -1.14. The average molecular weight is 337 g/mol. The highest BCUT2D eigenvalue weighted by Crippen LogP contribution is 2.34. The number of halogens is 3. The van der Waals surface area contributed by atoms with Gasteiger partial charge in [0.05, 0.1) is 10.5 Å². The van der Waals surface area contributed by atoms with Crippen LogP contribution in [0, 0.1) is 6.92 Å². The van der Waals surface area contributed by atoms with Crippen molar-refractivity contribution in [1.29, 1.82) is 0 Å². The molecule has 0 aromatic heterocycles. The number of hydrogen-bond donors (Lipinski definition) is 1. The fraction of sp³-hybridized carbons (Fsp3) is 0.462. The Balaban J connectivity index is 2.49. The number of carbonyl (C=O) groups is 1. The van der Waals surface area contributed by atoms with Crippen LogP contribution in [0.1, 0.15) is 24.0 Å². The van der Waals surface area contributed by atoms with E-state index in [-0.39, 0.29) is 18.5 Å². The molecule has 0 radical (unpaired) electrons. The SMILES string of the molecule is Cc1ccc(S(=O)(=O)N2CCC[C@H]2C(=O)O)cc1C(F)(F)F. The number of carboxylic acids is 1. The molecule has 9 heteroatoms. The molecule has 1 heterocycles. The minimum Gasteiger partial charge on any atom is -0.480 e. The molecular weight excluding hydrogens is 323 g/mol. The van der Waals surface area contributed by atoms with E-state index in [2.05, 4.69) is 0 Å². The number of nitrogens with zero attached hydrogens (tertiary/aromatic N) is 1. The second-order valence-corrected chi connectivity index (χ2v) is 6.98. The van der Waals surface area contributed by atoms with Crippen molar-refractivity contribution in [2.75, 3.05) is 6.54 Å². The second kappa shape index (κ2) is 5.54. The average Bonchev–Trinajstić information content (AvgIpc) is 2.87. The summed E-state index contributed by atoms with van der Waals surface area (Å²) in [5.74, 6) is -1.30. The highest BCUT2D eigenvalue weighted by Gasteiger charge is 2.41. The number of aliphatic carboxylic acids is 1. The van der Waals surface area contributed by atoms with Crippen molar-refractivity contribution in [3.05, 3.63) is 29.3 Å². The predicted molar refractivity (Wildman–Crippen MR) is 70.7 cm³/mol. The minimum atomic E-state index is -4.67. The van der Waals surface area contributed by atoms with Gasteiger partial charge in [0.25, 0.3) is 0 Å². The van der Waals surface area contributed by atoms with E-state index in [9.17, 15) is 26.4 Å². The van der Waals surface area contributed by atoms with Crippen molar-refractivity contribution in [2.45, 2.75) is 36.9 Å². The summed E-state index contributed by atoms with van der Waals surface area (Å²) in [7, 11) is -4.28. The van der Waals surface area contributed by atoms with Gasteiger partial charge in [0.1, 0.15) is 6.04 Å². The van der Waals surface area contributed by atoms with Gasteiger partial charge in [-0.05, 0) is 37.5 Å². The first-order valence-corrected chi connectivity index (χ1v) is 7.91. The quantitative estimate of drug-likeness (QED) is 0.918. The van der Waals surface area contributed by atoms with Crippen molar-refractivity contribution >= 4 is 16.0 Å². The standard InChI is InChI=1S/C13H14F3NO4S/c1-8-4-5-9(7-10(8)13(14,15)16)22(20,21)17-6-2-3-11(17)12(18)19/h4-5,7,11H,2-3,6H2,1H3,(H,18,19)/t11-/m0/s1. The third-order valence-corrected chi connectivity index (χ3v) is 5.51. The Morgan fingerprint density at radius 2 is 2.00 bits per heavy atom. The zero-order valence-corrected chi connectivity index (χ0v) is 12.4. The third-order valence-electron chi connectivity index (χ3n) is 3.61. The molecule has 122 valence electrons. The highest BCUT2D eigenvalue weighted by atomic mass is 32.2. The number of sulfonamides is 1. The number of rotatable bonds is 3. The van der Waals surface area contributed by atoms with Crippen LogP contribution in [0.25, 0.3) is 0 Å². The van der Waals surface area contributed by atoms with Gasteiger partial charge in [-0.1, -0.05) is 6.07 Å². The molecule has 1 aliphatic heterocycles. The molecule has 5 nitrogen and oxygen atoms in total. The Labute approximate surface area is 125 Å². The molecule has 1 aliphatic rings. The van der Waals surface area contributed by atoms with Crippen LogP contribution < -0.4 is 0 Å². The van der Waals surface area contributed by atoms with Crippen LogP contribution in [-0.4, -0.2) is 36.4 Å². The Morgan fingerprint density at radius 1 is 1.36 bits per heavy atom. The first kappa shape index (κ1) is 16.8. The van der Waals surface area contributed by atoms with Crippen LogP contribution >= 0.6 is 0 Å². The van der Waals surface area contributed by atoms with Gasteiger partial charge in [0.15, 0.2) is 0 Å². The Hall–Kier alpha value is -1.61. The summed E-state index contributed by atoms with van der Waals surface area (Å²) in [4.78, 5) is 10.5. The lowest BCUT2D eigenvalue weighted by atomic mass is 10.1. The molecule has 1 atom stereocenters. The van der Waals surface area contributed by atoms with Gasteiger partial charge < -0.3 is 5.11 Å². The molecule has 1 N–H and O–H groups in total. The van der Waals surface area contributed by atoms with Crippen molar-refractivity contribution in [3.8, 4) is 0 Å². The lowest BCUT2D eigenvalue weighted by molar-refractivity contribution is -0.141. The molecular formula is C13H14F3NO4S. The number of alkyl halides is 3. The minimum absolute atomic E-state index is 0.0193. The molecule has 0 bridgehead atoms. The number of benzene rings is 1. The van der Waals surface area contributed by atoms with E-state index in [0.29, 0.717) is 12.5 Å². The second-order valence-electron chi connectivity index (χ2n) is 5.09. The Bertz CT molecular complexity index is 700. The van der Waals surface area contributed by atoms with Crippen molar-refractivity contribution in [1.82, 2.24) is 4.31 Å². The number of aryl methyl sites for hydroxylation is 1. The molecule has 1 saturated heterocycles. The van der Waals surface area contributed by atoms with Gasteiger partial charge in [0, 0.05) is 6.54 Å². The van der Waals surface area contributed by atoms with Gasteiger partial charge in [-0.3, -0.25) is 4.79 Å². The lowest BCUT2D eigenvalue weighted by Gasteiger charge is -2.22.